The summed E-state index contributed by atoms with van der Waals surface area (Å²) in [5.74, 6) is -1.15. The Bertz CT molecular complexity index is 747. The maximum absolute atomic E-state index is 12.3. The monoisotopic (exact) mass is 376 g/mol. The van der Waals surface area contributed by atoms with Crippen molar-refractivity contribution in [3.8, 4) is 0 Å². The Morgan fingerprint density at radius 1 is 1.33 bits per heavy atom. The zero-order chi connectivity index (χ0) is 19.8. The van der Waals surface area contributed by atoms with E-state index >= 15 is 0 Å². The minimum atomic E-state index is -0.982. The van der Waals surface area contributed by atoms with Gasteiger partial charge < -0.3 is 19.4 Å². The molecule has 1 saturated heterocycles. The number of benzene rings is 1. The zero-order valence-electron chi connectivity index (χ0n) is 14.9. The molecule has 0 bridgehead atoms. The van der Waals surface area contributed by atoms with Gasteiger partial charge in [-0.1, -0.05) is 35.4 Å². The minimum absolute atomic E-state index is 0.0660. The maximum atomic E-state index is 12.3. The highest BCUT2D eigenvalue weighted by molar-refractivity contribution is 5.67. The molecule has 10 heteroatoms. The molecule has 1 aliphatic heterocycles. The number of nitrogens with zero attached hydrogens (tertiary/aromatic N) is 4. The van der Waals surface area contributed by atoms with E-state index < -0.39 is 36.3 Å². The number of carbonyl (C=O) groups is 2. The van der Waals surface area contributed by atoms with E-state index in [-0.39, 0.29) is 13.2 Å². The Balaban J connectivity index is 2.21. The van der Waals surface area contributed by atoms with Gasteiger partial charge in [-0.2, -0.15) is 0 Å². The third-order valence-electron chi connectivity index (χ3n) is 3.80. The number of esters is 2. The van der Waals surface area contributed by atoms with Crippen LogP contribution in [0, 0.1) is 5.21 Å². The topological polar surface area (TPSA) is 137 Å². The summed E-state index contributed by atoms with van der Waals surface area (Å²) in [5, 5.41) is 15.9. The molecule has 0 aliphatic carbocycles. The molecule has 1 fully saturated rings. The van der Waals surface area contributed by atoms with E-state index in [1.165, 1.54) is 20.1 Å². The van der Waals surface area contributed by atoms with Crippen LogP contribution in [0.4, 0.5) is 0 Å². The van der Waals surface area contributed by atoms with Crippen LogP contribution in [0.1, 0.15) is 19.4 Å². The summed E-state index contributed by atoms with van der Waals surface area (Å²) in [7, 11) is 0. The van der Waals surface area contributed by atoms with Crippen LogP contribution in [-0.4, -0.2) is 53.9 Å². The van der Waals surface area contributed by atoms with Gasteiger partial charge in [0.1, 0.15) is 31.0 Å². The van der Waals surface area contributed by atoms with Crippen LogP contribution in [0.5, 0.6) is 0 Å². The maximum Gasteiger partial charge on any atom is 0.303 e. The Labute approximate surface area is 155 Å². The largest absolute Gasteiger partial charge is 0.624 e. The van der Waals surface area contributed by atoms with Gasteiger partial charge in [0, 0.05) is 24.3 Å². The van der Waals surface area contributed by atoms with E-state index in [2.05, 4.69) is 10.0 Å². The second kappa shape index (κ2) is 9.56. The zero-order valence-corrected chi connectivity index (χ0v) is 14.9. The first kappa shape index (κ1) is 20.2. The predicted octanol–water partition coefficient (Wildman–Crippen LogP) is 1.71. The van der Waals surface area contributed by atoms with E-state index in [1.807, 2.05) is 18.2 Å². The summed E-state index contributed by atoms with van der Waals surface area (Å²) in [5.41, 5.74) is 9.63. The Morgan fingerprint density at radius 2 is 2.04 bits per heavy atom. The van der Waals surface area contributed by atoms with Crippen molar-refractivity contribution in [1.29, 1.82) is 0 Å². The molecule has 2 rings (SSSR count). The van der Waals surface area contributed by atoms with Gasteiger partial charge in [-0.25, -0.2) is 4.74 Å². The number of azide groups is 1. The second-order valence-corrected chi connectivity index (χ2v) is 5.92. The van der Waals surface area contributed by atoms with Gasteiger partial charge in [-0.15, -0.1) is 0 Å². The smallest absolute Gasteiger partial charge is 0.303 e. The van der Waals surface area contributed by atoms with Crippen molar-refractivity contribution in [3.63, 3.8) is 0 Å². The lowest BCUT2D eigenvalue weighted by molar-refractivity contribution is -0.472. The molecule has 0 amide bonds. The quantitative estimate of drug-likeness (QED) is 0.104. The van der Waals surface area contributed by atoms with Gasteiger partial charge in [0.05, 0.1) is 0 Å². The Kier molecular flexibility index (Phi) is 7.16. The van der Waals surface area contributed by atoms with Crippen LogP contribution in [-0.2, 0) is 30.3 Å². The molecule has 0 unspecified atom stereocenters. The molecule has 1 heterocycles. The third-order valence-corrected chi connectivity index (χ3v) is 3.80. The highest BCUT2D eigenvalue weighted by Gasteiger charge is 2.47. The van der Waals surface area contributed by atoms with E-state index in [0.29, 0.717) is 4.74 Å². The van der Waals surface area contributed by atoms with E-state index in [0.717, 1.165) is 5.56 Å². The molecule has 4 atom stereocenters. The van der Waals surface area contributed by atoms with Gasteiger partial charge in [-0.3, -0.25) is 9.59 Å². The van der Waals surface area contributed by atoms with Crippen LogP contribution >= 0.6 is 0 Å². The summed E-state index contributed by atoms with van der Waals surface area (Å²) >= 11 is 0. The van der Waals surface area contributed by atoms with E-state index in [4.69, 9.17) is 19.7 Å². The van der Waals surface area contributed by atoms with Crippen molar-refractivity contribution in [2.45, 2.75) is 44.7 Å². The second-order valence-electron chi connectivity index (χ2n) is 5.92. The summed E-state index contributed by atoms with van der Waals surface area (Å²) in [4.78, 5) is 25.2. The van der Waals surface area contributed by atoms with Crippen LogP contribution in [0.2, 0.25) is 0 Å². The summed E-state index contributed by atoms with van der Waals surface area (Å²) < 4.78 is 16.4. The molecule has 1 aromatic carbocycles. The van der Waals surface area contributed by atoms with Gasteiger partial charge in [0.25, 0.3) is 0 Å². The van der Waals surface area contributed by atoms with Crippen LogP contribution in [0.15, 0.2) is 35.4 Å². The van der Waals surface area contributed by atoms with Gasteiger partial charge >= 0.3 is 11.9 Å². The summed E-state index contributed by atoms with van der Waals surface area (Å²) in [6.45, 7) is 2.29. The number of hydrogen-bond acceptors (Lipinski definition) is 7. The van der Waals surface area contributed by atoms with Crippen LogP contribution < -0.4 is 0 Å². The fraction of sp³-hybridized carbons (Fsp3) is 0.471. The van der Waals surface area contributed by atoms with Crippen molar-refractivity contribution in [2.24, 2.45) is 5.11 Å². The van der Waals surface area contributed by atoms with E-state index in [9.17, 15) is 14.8 Å². The lowest BCUT2D eigenvalue weighted by Crippen LogP contribution is -2.38. The molecule has 0 saturated carbocycles. The van der Waals surface area contributed by atoms with Crippen molar-refractivity contribution in [3.05, 3.63) is 51.5 Å². The SMILES string of the molecule is CC(=O)OC[C@H]1O[C@H](/C=[N+](\[O-])Cc2ccccc2)[C@H](N=[N+]=[N-])[C@@H]1OC(C)=O. The van der Waals surface area contributed by atoms with Crippen LogP contribution in [0.3, 0.4) is 0 Å². The molecular weight excluding hydrogens is 356 g/mol. The lowest BCUT2D eigenvalue weighted by atomic mass is 10.1. The number of ether oxygens (including phenoxy) is 3. The molecule has 144 valence electrons. The molecule has 1 aliphatic rings. The number of hydrogen-bond donors (Lipinski definition) is 0. The standard InChI is InChI=1S/C17H20N4O6/c1-11(22)25-10-15-17(26-12(2)23)16(19-20-18)14(27-15)9-21(24)8-13-6-4-3-5-7-13/h3-7,9,14-17H,8,10H2,1-2H3/b21-9-/t14-,15-,16+,17-/m1/s1. The van der Waals surface area contributed by atoms with Gasteiger partial charge in [-0.05, 0) is 5.53 Å². The number of rotatable bonds is 7. The highest BCUT2D eigenvalue weighted by atomic mass is 16.6. The Morgan fingerprint density at radius 3 is 2.63 bits per heavy atom. The molecule has 0 N–H and O–H groups in total. The predicted molar refractivity (Wildman–Crippen MR) is 93.6 cm³/mol. The van der Waals surface area contributed by atoms with E-state index in [1.54, 1.807) is 12.1 Å². The fourth-order valence-corrected chi connectivity index (χ4v) is 2.73. The van der Waals surface area contributed by atoms with Crippen molar-refractivity contribution >= 4 is 18.2 Å². The number of hydroxylamine groups is 1. The normalized spacial score (nSPS) is 24.7. The third kappa shape index (κ3) is 5.98. The average Bonchev–Trinajstić information content (AvgIpc) is 2.90. The average molecular weight is 376 g/mol. The van der Waals surface area contributed by atoms with Gasteiger partial charge in [0.15, 0.2) is 12.8 Å². The molecule has 0 aromatic heterocycles. The molecule has 27 heavy (non-hydrogen) atoms. The minimum Gasteiger partial charge on any atom is -0.624 e. The molecule has 1 aromatic rings. The first-order valence-electron chi connectivity index (χ1n) is 8.23. The van der Waals surface area contributed by atoms with Crippen molar-refractivity contribution < 1.29 is 28.5 Å². The summed E-state index contributed by atoms with van der Waals surface area (Å²) in [6, 6.07) is 8.08. The summed E-state index contributed by atoms with van der Waals surface area (Å²) in [6.07, 6.45) is -1.56. The van der Waals surface area contributed by atoms with Crippen LogP contribution in [0.25, 0.3) is 10.4 Å². The lowest BCUT2D eigenvalue weighted by Gasteiger charge is -2.19. The molecular formula is C17H20N4O6. The molecule has 10 nitrogen and oxygen atoms in total. The number of carbonyl (C=O) groups excluding carboxylic acids is 2. The van der Waals surface area contributed by atoms with Crippen molar-refractivity contribution in [2.75, 3.05) is 6.61 Å². The first-order chi connectivity index (χ1) is 12.9. The van der Waals surface area contributed by atoms with Gasteiger partial charge in [0.2, 0.25) is 0 Å². The highest BCUT2D eigenvalue weighted by Crippen LogP contribution is 2.27. The fourth-order valence-electron chi connectivity index (χ4n) is 2.73. The Hall–Kier alpha value is -3.10. The molecule has 0 spiro atoms. The first-order valence-corrected chi connectivity index (χ1v) is 8.23. The van der Waals surface area contributed by atoms with Crippen molar-refractivity contribution in [1.82, 2.24) is 0 Å². The molecule has 0 radical (unpaired) electrons.